The zero-order valence-corrected chi connectivity index (χ0v) is 18.4. The molecule has 0 saturated heterocycles. The summed E-state index contributed by atoms with van der Waals surface area (Å²) < 4.78 is 1.64. The van der Waals surface area contributed by atoms with Crippen molar-refractivity contribution in [3.8, 4) is 0 Å². The Bertz CT molecular complexity index is 1230. The van der Waals surface area contributed by atoms with Gasteiger partial charge in [-0.25, -0.2) is 0 Å². The number of unbranched alkanes of at least 4 members (excludes halogenated alkanes) is 2. The van der Waals surface area contributed by atoms with Gasteiger partial charge in [0, 0.05) is 37.3 Å². The number of para-hydroxylation sites is 1. The first-order valence-corrected chi connectivity index (χ1v) is 11.2. The quantitative estimate of drug-likeness (QED) is 0.564. The Labute approximate surface area is 191 Å². The monoisotopic (exact) mass is 443 g/mol. The molecule has 3 aromatic rings. The molecular formula is C25H25N5O3. The second-order valence-corrected chi connectivity index (χ2v) is 8.41. The van der Waals surface area contributed by atoms with E-state index >= 15 is 0 Å². The number of carbonyl (C=O) groups is 3. The fraction of sp³-hybridized carbons (Fsp3) is 0.280. The van der Waals surface area contributed by atoms with E-state index in [0.29, 0.717) is 41.9 Å². The van der Waals surface area contributed by atoms with Gasteiger partial charge in [0.1, 0.15) is 6.17 Å². The fourth-order valence-corrected chi connectivity index (χ4v) is 4.65. The lowest BCUT2D eigenvalue weighted by molar-refractivity contribution is -0.116. The maximum atomic E-state index is 13.4. The summed E-state index contributed by atoms with van der Waals surface area (Å²) in [4.78, 5) is 42.2. The van der Waals surface area contributed by atoms with Gasteiger partial charge in [0.15, 0.2) is 0 Å². The number of aromatic nitrogens is 2. The summed E-state index contributed by atoms with van der Waals surface area (Å²) in [6.07, 6.45) is 5.61. The number of benzene rings is 2. The third-order valence-electron chi connectivity index (χ3n) is 6.17. The van der Waals surface area contributed by atoms with E-state index in [0.717, 1.165) is 18.4 Å². The van der Waals surface area contributed by atoms with Crippen molar-refractivity contribution in [3.63, 3.8) is 0 Å². The van der Waals surface area contributed by atoms with Crippen LogP contribution in [0, 0.1) is 0 Å². The third kappa shape index (κ3) is 3.77. The largest absolute Gasteiger partial charge is 0.323 e. The molecule has 168 valence electrons. The maximum absolute atomic E-state index is 13.4. The van der Waals surface area contributed by atoms with Crippen molar-refractivity contribution in [1.82, 2.24) is 14.7 Å². The van der Waals surface area contributed by atoms with Crippen LogP contribution in [-0.4, -0.2) is 38.9 Å². The number of carbonyl (C=O) groups excluding carboxylic acids is 3. The first-order valence-electron chi connectivity index (χ1n) is 11.2. The van der Waals surface area contributed by atoms with Crippen molar-refractivity contribution in [2.75, 3.05) is 16.8 Å². The SMILES string of the molecule is Cn1cc(NC(=O)CCCCCN2C(=O)c3ccccc3N3C(=O)c4ccccc4[C@H]23)cn1. The molecule has 3 heterocycles. The van der Waals surface area contributed by atoms with Crippen LogP contribution in [0.25, 0.3) is 0 Å². The zero-order valence-electron chi connectivity index (χ0n) is 18.4. The number of anilines is 2. The summed E-state index contributed by atoms with van der Waals surface area (Å²) in [6, 6.07) is 14.8. The van der Waals surface area contributed by atoms with Crippen LogP contribution in [0.1, 0.15) is 58.1 Å². The van der Waals surface area contributed by atoms with Crippen LogP contribution in [0.2, 0.25) is 0 Å². The fourth-order valence-electron chi connectivity index (χ4n) is 4.65. The first-order chi connectivity index (χ1) is 16.0. The van der Waals surface area contributed by atoms with E-state index in [1.165, 1.54) is 0 Å². The van der Waals surface area contributed by atoms with E-state index in [1.807, 2.05) is 42.5 Å². The van der Waals surface area contributed by atoms with Crippen LogP contribution in [-0.2, 0) is 11.8 Å². The second kappa shape index (κ2) is 8.54. The van der Waals surface area contributed by atoms with Gasteiger partial charge in [-0.15, -0.1) is 0 Å². The number of nitrogens with one attached hydrogen (secondary N) is 1. The molecule has 0 bridgehead atoms. The lowest BCUT2D eigenvalue weighted by atomic mass is 10.0. The lowest BCUT2D eigenvalue weighted by Crippen LogP contribution is -2.48. The smallest absolute Gasteiger partial charge is 0.260 e. The summed E-state index contributed by atoms with van der Waals surface area (Å²) in [5, 5.41) is 6.87. The molecule has 1 atom stereocenters. The minimum Gasteiger partial charge on any atom is -0.323 e. The summed E-state index contributed by atoms with van der Waals surface area (Å²) in [5.41, 5.74) is 3.40. The molecule has 2 aliphatic rings. The van der Waals surface area contributed by atoms with E-state index in [2.05, 4.69) is 10.4 Å². The van der Waals surface area contributed by atoms with Crippen LogP contribution in [0.15, 0.2) is 60.9 Å². The molecule has 5 rings (SSSR count). The standard InChI is InChI=1S/C25H25N5O3/c1-28-16-17(15-26-28)27-22(31)13-3-2-8-14-29-23-18-9-4-5-10-19(18)25(33)30(23)21-12-7-6-11-20(21)24(29)32/h4-7,9-12,15-16,23H,2-3,8,13-14H2,1H3,(H,27,31)/t23-/m1/s1. The van der Waals surface area contributed by atoms with Crippen molar-refractivity contribution in [3.05, 3.63) is 77.6 Å². The zero-order chi connectivity index (χ0) is 22.9. The number of rotatable bonds is 7. The highest BCUT2D eigenvalue weighted by Gasteiger charge is 2.47. The molecule has 1 aromatic heterocycles. The highest BCUT2D eigenvalue weighted by atomic mass is 16.2. The van der Waals surface area contributed by atoms with E-state index in [9.17, 15) is 14.4 Å². The molecule has 0 saturated carbocycles. The summed E-state index contributed by atoms with van der Waals surface area (Å²) >= 11 is 0. The minimum atomic E-state index is -0.426. The van der Waals surface area contributed by atoms with Crippen LogP contribution < -0.4 is 10.2 Å². The molecule has 33 heavy (non-hydrogen) atoms. The number of amides is 3. The van der Waals surface area contributed by atoms with Gasteiger partial charge in [-0.3, -0.25) is 24.0 Å². The molecule has 8 heteroatoms. The molecule has 2 aromatic carbocycles. The van der Waals surface area contributed by atoms with Gasteiger partial charge >= 0.3 is 0 Å². The van der Waals surface area contributed by atoms with Gasteiger partial charge in [0.2, 0.25) is 5.91 Å². The predicted molar refractivity (Wildman–Crippen MR) is 124 cm³/mol. The molecule has 0 unspecified atom stereocenters. The topological polar surface area (TPSA) is 87.5 Å². The van der Waals surface area contributed by atoms with Crippen molar-refractivity contribution < 1.29 is 14.4 Å². The molecule has 1 N–H and O–H groups in total. The highest BCUT2D eigenvalue weighted by molar-refractivity contribution is 6.16. The number of nitrogens with zero attached hydrogens (tertiary/aromatic N) is 4. The summed E-state index contributed by atoms with van der Waals surface area (Å²) in [7, 11) is 1.80. The van der Waals surface area contributed by atoms with Gasteiger partial charge < -0.3 is 10.2 Å². The Balaban J connectivity index is 1.25. The van der Waals surface area contributed by atoms with Crippen LogP contribution in [0.3, 0.4) is 0 Å². The molecule has 3 amide bonds. The third-order valence-corrected chi connectivity index (χ3v) is 6.17. The minimum absolute atomic E-state index is 0.0486. The van der Waals surface area contributed by atoms with E-state index in [-0.39, 0.29) is 17.7 Å². The molecule has 0 radical (unpaired) electrons. The maximum Gasteiger partial charge on any atom is 0.260 e. The van der Waals surface area contributed by atoms with Crippen molar-refractivity contribution in [2.45, 2.75) is 31.8 Å². The van der Waals surface area contributed by atoms with E-state index < -0.39 is 6.17 Å². The Hall–Kier alpha value is -3.94. The Morgan fingerprint density at radius 2 is 1.73 bits per heavy atom. The average Bonchev–Trinajstić information content (AvgIpc) is 3.36. The van der Waals surface area contributed by atoms with Crippen LogP contribution in [0.4, 0.5) is 11.4 Å². The number of hydrogen-bond acceptors (Lipinski definition) is 4. The lowest BCUT2D eigenvalue weighted by Gasteiger charge is -2.41. The van der Waals surface area contributed by atoms with Gasteiger partial charge in [0.25, 0.3) is 11.8 Å². The number of fused-ring (bicyclic) bond motifs is 5. The van der Waals surface area contributed by atoms with Crippen LogP contribution in [0.5, 0.6) is 0 Å². The molecule has 0 aliphatic carbocycles. The van der Waals surface area contributed by atoms with Crippen molar-refractivity contribution in [2.24, 2.45) is 7.05 Å². The molecule has 8 nitrogen and oxygen atoms in total. The Kier molecular flexibility index (Phi) is 5.42. The Morgan fingerprint density at radius 3 is 2.52 bits per heavy atom. The van der Waals surface area contributed by atoms with Gasteiger partial charge in [-0.2, -0.15) is 5.10 Å². The van der Waals surface area contributed by atoms with Gasteiger partial charge in [0.05, 0.1) is 23.1 Å². The average molecular weight is 444 g/mol. The molecule has 2 aliphatic heterocycles. The number of aryl methyl sites for hydroxylation is 1. The normalized spacial score (nSPS) is 16.5. The van der Waals surface area contributed by atoms with Crippen molar-refractivity contribution >= 4 is 29.1 Å². The first kappa shape index (κ1) is 20.9. The van der Waals surface area contributed by atoms with Crippen molar-refractivity contribution in [1.29, 1.82) is 0 Å². The molecular weight excluding hydrogens is 418 g/mol. The molecule has 0 fully saturated rings. The predicted octanol–water partition coefficient (Wildman–Crippen LogP) is 3.73. The summed E-state index contributed by atoms with van der Waals surface area (Å²) in [5.74, 6) is -0.189. The van der Waals surface area contributed by atoms with Gasteiger partial charge in [-0.1, -0.05) is 36.8 Å². The molecule has 0 spiro atoms. The van der Waals surface area contributed by atoms with E-state index in [1.54, 1.807) is 40.0 Å². The van der Waals surface area contributed by atoms with Gasteiger partial charge in [-0.05, 0) is 31.0 Å². The highest BCUT2D eigenvalue weighted by Crippen LogP contribution is 2.45. The van der Waals surface area contributed by atoms with E-state index in [4.69, 9.17) is 0 Å². The Morgan fingerprint density at radius 1 is 0.970 bits per heavy atom. The summed E-state index contributed by atoms with van der Waals surface area (Å²) in [6.45, 7) is 0.514. The van der Waals surface area contributed by atoms with Crippen LogP contribution >= 0.6 is 0 Å². The second-order valence-electron chi connectivity index (χ2n) is 8.41. The number of hydrogen-bond donors (Lipinski definition) is 1.